The molecule has 2 unspecified atom stereocenters. The summed E-state index contributed by atoms with van der Waals surface area (Å²) >= 11 is 3.30. The van der Waals surface area contributed by atoms with Crippen molar-refractivity contribution < 1.29 is 10.0 Å². The molecule has 0 amide bonds. The van der Waals surface area contributed by atoms with Crippen LogP contribution in [0.15, 0.2) is 16.7 Å². The molecule has 0 aromatic carbocycles. The van der Waals surface area contributed by atoms with E-state index in [2.05, 4.69) is 20.9 Å². The van der Waals surface area contributed by atoms with Crippen LogP contribution in [-0.2, 0) is 0 Å². The van der Waals surface area contributed by atoms with Gasteiger partial charge in [-0.05, 0) is 28.3 Å². The van der Waals surface area contributed by atoms with Crippen LogP contribution in [0.1, 0.15) is 13.3 Å². The molecule has 1 aromatic heterocycles. The lowest BCUT2D eigenvalue weighted by atomic mass is 9.96. The molecule has 6 nitrogen and oxygen atoms in total. The van der Waals surface area contributed by atoms with Gasteiger partial charge in [-0.3, -0.25) is 10.1 Å². The van der Waals surface area contributed by atoms with Crippen molar-refractivity contribution in [1.29, 1.82) is 0 Å². The molecule has 98 valence electrons. The Morgan fingerprint density at radius 1 is 1.67 bits per heavy atom. The van der Waals surface area contributed by atoms with Crippen LogP contribution in [0.25, 0.3) is 0 Å². The van der Waals surface area contributed by atoms with Gasteiger partial charge in [-0.25, -0.2) is 4.98 Å². The second kappa shape index (κ2) is 5.19. The standard InChI is InChI=1S/C11H14BrN3O3/c1-7-2-3-14(6-10(7)16)11-9(12)4-8(5-13-11)15(17)18/h4-5,7,10,16H,2-3,6H2,1H3. The number of pyridine rings is 1. The van der Waals surface area contributed by atoms with E-state index in [9.17, 15) is 15.2 Å². The van der Waals surface area contributed by atoms with Crippen molar-refractivity contribution in [3.63, 3.8) is 0 Å². The summed E-state index contributed by atoms with van der Waals surface area (Å²) in [4.78, 5) is 16.2. The fourth-order valence-electron chi connectivity index (χ4n) is 1.99. The Morgan fingerprint density at radius 3 is 2.94 bits per heavy atom. The molecule has 0 saturated carbocycles. The maximum atomic E-state index is 10.6. The summed E-state index contributed by atoms with van der Waals surface area (Å²) in [6.07, 6.45) is 1.74. The van der Waals surface area contributed by atoms with Crippen LogP contribution in [0.2, 0.25) is 0 Å². The highest BCUT2D eigenvalue weighted by Crippen LogP contribution is 2.30. The SMILES string of the molecule is CC1CCN(c2ncc([N+](=O)[O-])cc2Br)CC1O. The summed E-state index contributed by atoms with van der Waals surface area (Å²) in [6, 6.07) is 1.44. The summed E-state index contributed by atoms with van der Waals surface area (Å²) in [6.45, 7) is 3.31. The molecule has 2 rings (SSSR count). The molecule has 0 aliphatic carbocycles. The zero-order valence-corrected chi connectivity index (χ0v) is 11.5. The van der Waals surface area contributed by atoms with Gasteiger partial charge in [-0.2, -0.15) is 0 Å². The van der Waals surface area contributed by atoms with Crippen LogP contribution >= 0.6 is 15.9 Å². The van der Waals surface area contributed by atoms with Crippen molar-refractivity contribution in [3.05, 3.63) is 26.9 Å². The quantitative estimate of drug-likeness (QED) is 0.666. The summed E-state index contributed by atoms with van der Waals surface area (Å²) in [5.74, 6) is 0.921. The summed E-state index contributed by atoms with van der Waals surface area (Å²) in [7, 11) is 0. The van der Waals surface area contributed by atoms with Crippen molar-refractivity contribution in [2.24, 2.45) is 5.92 Å². The molecule has 1 aliphatic rings. The Morgan fingerprint density at radius 2 is 2.39 bits per heavy atom. The van der Waals surface area contributed by atoms with Gasteiger partial charge in [-0.1, -0.05) is 6.92 Å². The Kier molecular flexibility index (Phi) is 3.82. The van der Waals surface area contributed by atoms with Gasteiger partial charge in [-0.15, -0.1) is 0 Å². The number of hydrogen-bond donors (Lipinski definition) is 1. The summed E-state index contributed by atoms with van der Waals surface area (Å²) < 4.78 is 0.582. The minimum absolute atomic E-state index is 0.0449. The first-order chi connectivity index (χ1) is 8.49. The highest BCUT2D eigenvalue weighted by Gasteiger charge is 2.26. The number of halogens is 1. The average Bonchev–Trinajstić information content (AvgIpc) is 2.32. The first kappa shape index (κ1) is 13.2. The van der Waals surface area contributed by atoms with E-state index in [1.54, 1.807) is 0 Å². The molecule has 1 aliphatic heterocycles. The highest BCUT2D eigenvalue weighted by atomic mass is 79.9. The smallest absolute Gasteiger partial charge is 0.288 e. The van der Waals surface area contributed by atoms with Gasteiger partial charge in [0.1, 0.15) is 12.0 Å². The van der Waals surface area contributed by atoms with E-state index >= 15 is 0 Å². The predicted octanol–water partition coefficient (Wildman–Crippen LogP) is 1.96. The van der Waals surface area contributed by atoms with Crippen LogP contribution < -0.4 is 4.90 Å². The van der Waals surface area contributed by atoms with Crippen molar-refractivity contribution in [3.8, 4) is 0 Å². The third-order valence-corrected chi connectivity index (χ3v) is 3.82. The van der Waals surface area contributed by atoms with E-state index in [-0.39, 0.29) is 17.7 Å². The van der Waals surface area contributed by atoms with Crippen LogP contribution in [0, 0.1) is 16.0 Å². The number of β-amino-alcohol motifs (C(OH)–C–C–N with tert-alkyl or cyclic N) is 1. The molecule has 0 bridgehead atoms. The Balaban J connectivity index is 2.21. The van der Waals surface area contributed by atoms with E-state index in [1.807, 2.05) is 11.8 Å². The second-order valence-corrected chi connectivity index (χ2v) is 5.39. The van der Waals surface area contributed by atoms with E-state index in [4.69, 9.17) is 0 Å². The zero-order chi connectivity index (χ0) is 13.3. The lowest BCUT2D eigenvalue weighted by Gasteiger charge is -2.35. The first-order valence-corrected chi connectivity index (χ1v) is 6.51. The molecule has 1 aromatic rings. The fraction of sp³-hybridized carbons (Fsp3) is 0.545. The van der Waals surface area contributed by atoms with E-state index in [0.717, 1.165) is 13.0 Å². The number of aromatic nitrogens is 1. The Hall–Kier alpha value is -1.21. The van der Waals surface area contributed by atoms with Gasteiger partial charge in [0.15, 0.2) is 0 Å². The van der Waals surface area contributed by atoms with Crippen molar-refractivity contribution in [2.45, 2.75) is 19.4 Å². The van der Waals surface area contributed by atoms with Crippen molar-refractivity contribution >= 4 is 27.4 Å². The average molecular weight is 316 g/mol. The summed E-state index contributed by atoms with van der Waals surface area (Å²) in [5, 5.41) is 20.5. The molecule has 2 heterocycles. The van der Waals surface area contributed by atoms with Gasteiger partial charge >= 0.3 is 0 Å². The maximum Gasteiger partial charge on any atom is 0.288 e. The predicted molar refractivity (Wildman–Crippen MR) is 70.6 cm³/mol. The molecule has 18 heavy (non-hydrogen) atoms. The number of rotatable bonds is 2. The first-order valence-electron chi connectivity index (χ1n) is 5.72. The van der Waals surface area contributed by atoms with Crippen LogP contribution in [-0.4, -0.2) is 34.2 Å². The lowest BCUT2D eigenvalue weighted by Crippen LogP contribution is -2.43. The third kappa shape index (κ3) is 2.62. The van der Waals surface area contributed by atoms with Crippen LogP contribution in [0.3, 0.4) is 0 Å². The van der Waals surface area contributed by atoms with Crippen molar-refractivity contribution in [2.75, 3.05) is 18.0 Å². The lowest BCUT2D eigenvalue weighted by molar-refractivity contribution is -0.385. The number of hydrogen-bond acceptors (Lipinski definition) is 5. The number of piperidine rings is 1. The van der Waals surface area contributed by atoms with E-state index in [1.165, 1.54) is 12.3 Å². The molecule has 1 N–H and O–H groups in total. The van der Waals surface area contributed by atoms with E-state index < -0.39 is 4.92 Å². The number of nitro groups is 1. The largest absolute Gasteiger partial charge is 0.391 e. The van der Waals surface area contributed by atoms with Crippen molar-refractivity contribution in [1.82, 2.24) is 4.98 Å². The number of nitrogens with zero attached hydrogens (tertiary/aromatic N) is 3. The molecule has 0 spiro atoms. The van der Waals surface area contributed by atoms with Gasteiger partial charge < -0.3 is 10.0 Å². The molecule has 7 heteroatoms. The van der Waals surface area contributed by atoms with Gasteiger partial charge in [0.05, 0.1) is 15.5 Å². The Bertz CT molecular complexity index is 469. The number of anilines is 1. The zero-order valence-electron chi connectivity index (χ0n) is 9.91. The topological polar surface area (TPSA) is 79.5 Å². The second-order valence-electron chi connectivity index (χ2n) is 4.54. The van der Waals surface area contributed by atoms with Crippen LogP contribution in [0.4, 0.5) is 11.5 Å². The summed E-state index contributed by atoms with van der Waals surface area (Å²) in [5.41, 5.74) is -0.0449. The molecule has 0 radical (unpaired) electrons. The normalized spacial score (nSPS) is 24.1. The highest BCUT2D eigenvalue weighted by molar-refractivity contribution is 9.10. The fourth-order valence-corrected chi connectivity index (χ4v) is 2.58. The number of aliphatic hydroxyl groups is 1. The molecular weight excluding hydrogens is 302 g/mol. The van der Waals surface area contributed by atoms with Gasteiger partial charge in [0.2, 0.25) is 0 Å². The van der Waals surface area contributed by atoms with Crippen LogP contribution in [0.5, 0.6) is 0 Å². The molecule has 2 atom stereocenters. The molecule has 1 fully saturated rings. The molecule has 1 saturated heterocycles. The van der Waals surface area contributed by atoms with E-state index in [0.29, 0.717) is 16.8 Å². The number of aliphatic hydroxyl groups excluding tert-OH is 1. The molecular formula is C11H14BrN3O3. The monoisotopic (exact) mass is 315 g/mol. The Labute approximate surface area is 113 Å². The minimum atomic E-state index is -0.478. The minimum Gasteiger partial charge on any atom is -0.391 e. The maximum absolute atomic E-state index is 10.6. The van der Waals surface area contributed by atoms with Gasteiger partial charge in [0, 0.05) is 19.2 Å². The third-order valence-electron chi connectivity index (χ3n) is 3.24. The van der Waals surface area contributed by atoms with Gasteiger partial charge in [0.25, 0.3) is 5.69 Å².